The van der Waals surface area contributed by atoms with Crippen LogP contribution in [0.5, 0.6) is 5.75 Å². The van der Waals surface area contributed by atoms with Crippen LogP contribution in [0.4, 0.5) is 36.2 Å². The van der Waals surface area contributed by atoms with Crippen molar-refractivity contribution in [3.63, 3.8) is 0 Å². The number of nitrogen functional groups attached to an aromatic ring is 1. The van der Waals surface area contributed by atoms with E-state index in [0.717, 1.165) is 26.2 Å². The Morgan fingerprint density at radius 2 is 1.37 bits per heavy atom. The van der Waals surface area contributed by atoms with E-state index in [-0.39, 0.29) is 11.8 Å². The topological polar surface area (TPSA) is 79.5 Å². The predicted octanol–water partition coefficient (Wildman–Crippen LogP) is 5.61. The van der Waals surface area contributed by atoms with Gasteiger partial charge in [-0.3, -0.25) is 4.90 Å². The minimum atomic E-state index is -4.74. The van der Waals surface area contributed by atoms with Crippen LogP contribution in [0.2, 0.25) is 0 Å². The Morgan fingerprint density at radius 1 is 0.789 bits per heavy atom. The van der Waals surface area contributed by atoms with Gasteiger partial charge in [0.2, 0.25) is 0 Å². The maximum atomic E-state index is 12.4. The van der Waals surface area contributed by atoms with Crippen molar-refractivity contribution in [3.05, 3.63) is 102 Å². The number of alkyl halides is 3. The van der Waals surface area contributed by atoms with Gasteiger partial charge in [0.05, 0.1) is 6.04 Å². The third kappa shape index (κ3) is 5.97. The zero-order valence-corrected chi connectivity index (χ0v) is 20.5. The molecule has 5 rings (SSSR count). The molecule has 3 aromatic carbocycles. The molecule has 0 spiro atoms. The molecule has 7 nitrogen and oxygen atoms in total. The van der Waals surface area contributed by atoms with Gasteiger partial charge >= 0.3 is 6.36 Å². The lowest BCUT2D eigenvalue weighted by Gasteiger charge is -2.40. The summed E-state index contributed by atoms with van der Waals surface area (Å²) < 4.78 is 41.2. The zero-order valence-electron chi connectivity index (χ0n) is 20.5. The van der Waals surface area contributed by atoms with E-state index < -0.39 is 6.36 Å². The number of nitrogens with one attached hydrogen (secondary N) is 1. The molecular weight excluding hydrogens is 493 g/mol. The Labute approximate surface area is 218 Å². The molecule has 10 heteroatoms. The summed E-state index contributed by atoms with van der Waals surface area (Å²) in [7, 11) is 0. The second kappa shape index (κ2) is 11.0. The normalized spacial score (nSPS) is 14.5. The largest absolute Gasteiger partial charge is 0.573 e. The first kappa shape index (κ1) is 25.3. The van der Waals surface area contributed by atoms with Crippen molar-refractivity contribution in [2.24, 2.45) is 0 Å². The van der Waals surface area contributed by atoms with E-state index >= 15 is 0 Å². The first-order valence-corrected chi connectivity index (χ1v) is 12.2. The molecule has 1 aliphatic heterocycles. The number of halogens is 3. The average Bonchev–Trinajstić information content (AvgIpc) is 2.92. The lowest BCUT2D eigenvalue weighted by molar-refractivity contribution is -0.274. The molecule has 1 aromatic heterocycles. The molecule has 38 heavy (non-hydrogen) atoms. The number of anilines is 4. The maximum absolute atomic E-state index is 12.4. The van der Waals surface area contributed by atoms with Crippen molar-refractivity contribution in [2.75, 3.05) is 42.1 Å². The van der Waals surface area contributed by atoms with Crippen molar-refractivity contribution in [1.29, 1.82) is 0 Å². The minimum Gasteiger partial charge on any atom is -0.406 e. The van der Waals surface area contributed by atoms with Gasteiger partial charge in [-0.25, -0.2) is 9.97 Å². The molecule has 2 heterocycles. The molecule has 0 atom stereocenters. The first-order chi connectivity index (χ1) is 18.4. The van der Waals surface area contributed by atoms with Crippen LogP contribution in [-0.4, -0.2) is 47.4 Å². The number of benzene rings is 3. The summed E-state index contributed by atoms with van der Waals surface area (Å²) in [5.41, 5.74) is 9.82. The average molecular weight is 521 g/mol. The van der Waals surface area contributed by atoms with E-state index in [4.69, 9.17) is 5.73 Å². The van der Waals surface area contributed by atoms with Crippen LogP contribution in [0.25, 0.3) is 0 Å². The highest BCUT2D eigenvalue weighted by Gasteiger charge is 2.31. The number of nitrogens with two attached hydrogens (primary N) is 1. The number of nitrogens with zero attached hydrogens (tertiary/aromatic N) is 4. The highest BCUT2D eigenvalue weighted by molar-refractivity contribution is 5.78. The summed E-state index contributed by atoms with van der Waals surface area (Å²) >= 11 is 0. The van der Waals surface area contributed by atoms with Crippen molar-refractivity contribution in [1.82, 2.24) is 14.9 Å². The van der Waals surface area contributed by atoms with Crippen LogP contribution in [0.15, 0.2) is 91.3 Å². The van der Waals surface area contributed by atoms with E-state index in [1.54, 1.807) is 0 Å². The van der Waals surface area contributed by atoms with Crippen LogP contribution in [0.1, 0.15) is 17.2 Å². The van der Waals surface area contributed by atoms with E-state index in [9.17, 15) is 13.2 Å². The van der Waals surface area contributed by atoms with Crippen molar-refractivity contribution >= 4 is 23.0 Å². The third-order valence-electron chi connectivity index (χ3n) is 6.42. The van der Waals surface area contributed by atoms with Gasteiger partial charge in [0.25, 0.3) is 0 Å². The molecule has 0 aliphatic carbocycles. The van der Waals surface area contributed by atoms with Gasteiger partial charge in [-0.05, 0) is 35.4 Å². The number of hydrogen-bond donors (Lipinski definition) is 2. The SMILES string of the molecule is Nc1c(Nc2ccc(OC(F)(F)F)cc2)ncnc1N1CCN(C(c2ccccc2)c2ccccc2)CC1. The van der Waals surface area contributed by atoms with E-state index in [2.05, 4.69) is 78.4 Å². The molecule has 196 valence electrons. The molecular formula is C28H27F3N6O. The smallest absolute Gasteiger partial charge is 0.406 e. The molecule has 1 aliphatic rings. The van der Waals surface area contributed by atoms with E-state index in [1.165, 1.54) is 41.7 Å². The van der Waals surface area contributed by atoms with Crippen molar-refractivity contribution in [2.45, 2.75) is 12.4 Å². The minimum absolute atomic E-state index is 0.142. The summed E-state index contributed by atoms with van der Waals surface area (Å²) in [6.07, 6.45) is -3.31. The highest BCUT2D eigenvalue weighted by atomic mass is 19.4. The molecule has 3 N–H and O–H groups in total. The highest BCUT2D eigenvalue weighted by Crippen LogP contribution is 2.33. The van der Waals surface area contributed by atoms with Gasteiger partial charge in [0.15, 0.2) is 11.6 Å². The van der Waals surface area contributed by atoms with Gasteiger partial charge in [0, 0.05) is 31.9 Å². The second-order valence-electron chi connectivity index (χ2n) is 8.90. The van der Waals surface area contributed by atoms with Crippen molar-refractivity contribution < 1.29 is 17.9 Å². The number of ether oxygens (including phenoxy) is 1. The summed E-state index contributed by atoms with van der Waals surface area (Å²) in [4.78, 5) is 13.3. The van der Waals surface area contributed by atoms with Crippen LogP contribution in [0.3, 0.4) is 0 Å². The third-order valence-corrected chi connectivity index (χ3v) is 6.42. The lowest BCUT2D eigenvalue weighted by Crippen LogP contribution is -2.48. The van der Waals surface area contributed by atoms with Crippen molar-refractivity contribution in [3.8, 4) is 5.75 Å². The van der Waals surface area contributed by atoms with Crippen LogP contribution in [-0.2, 0) is 0 Å². The fourth-order valence-corrected chi connectivity index (χ4v) is 4.69. The molecule has 0 saturated carbocycles. The standard InChI is InChI=1S/C28H27F3N6O/c29-28(30,31)38-23-13-11-22(12-14-23)35-26-24(32)27(34-19-33-26)37-17-15-36(16-18-37)25(20-7-3-1-4-8-20)21-9-5-2-6-10-21/h1-14,19,25H,15-18,32H2,(H,33,34,35). The Balaban J connectivity index is 1.29. The molecule has 4 aromatic rings. The Morgan fingerprint density at radius 3 is 1.92 bits per heavy atom. The quantitative estimate of drug-likeness (QED) is 0.328. The molecule has 0 unspecified atom stereocenters. The number of hydrogen-bond acceptors (Lipinski definition) is 7. The second-order valence-corrected chi connectivity index (χ2v) is 8.90. The first-order valence-electron chi connectivity index (χ1n) is 12.2. The summed E-state index contributed by atoms with van der Waals surface area (Å²) in [6.45, 7) is 3.06. The van der Waals surface area contributed by atoms with Crippen LogP contribution in [0, 0.1) is 0 Å². The molecule has 1 fully saturated rings. The molecule has 0 radical (unpaired) electrons. The molecule has 0 amide bonds. The molecule has 0 bridgehead atoms. The predicted molar refractivity (Wildman–Crippen MR) is 141 cm³/mol. The Bertz CT molecular complexity index is 1290. The summed E-state index contributed by atoms with van der Waals surface area (Å²) in [6, 6.07) is 26.5. The summed E-state index contributed by atoms with van der Waals surface area (Å²) in [5, 5.41) is 3.06. The number of aromatic nitrogens is 2. The van der Waals surface area contributed by atoms with E-state index in [1.807, 2.05) is 12.1 Å². The van der Waals surface area contributed by atoms with Gasteiger partial charge in [-0.2, -0.15) is 0 Å². The number of rotatable bonds is 7. The fourth-order valence-electron chi connectivity index (χ4n) is 4.69. The van der Waals surface area contributed by atoms with Gasteiger partial charge in [-0.1, -0.05) is 60.7 Å². The summed E-state index contributed by atoms with van der Waals surface area (Å²) in [5.74, 6) is 0.699. The van der Waals surface area contributed by atoms with Gasteiger partial charge in [0.1, 0.15) is 17.8 Å². The zero-order chi connectivity index (χ0) is 26.5. The van der Waals surface area contributed by atoms with Gasteiger partial charge in [-0.15, -0.1) is 13.2 Å². The monoisotopic (exact) mass is 520 g/mol. The van der Waals surface area contributed by atoms with Gasteiger partial charge < -0.3 is 20.7 Å². The molecule has 1 saturated heterocycles. The lowest BCUT2D eigenvalue weighted by atomic mass is 9.96. The Hall–Kier alpha value is -4.31. The maximum Gasteiger partial charge on any atom is 0.573 e. The van der Waals surface area contributed by atoms with Crippen LogP contribution < -0.4 is 20.7 Å². The van der Waals surface area contributed by atoms with Crippen LogP contribution >= 0.6 is 0 Å². The Kier molecular flexibility index (Phi) is 7.32. The fraction of sp³-hybridized carbons (Fsp3) is 0.214. The number of piperazine rings is 1. The van der Waals surface area contributed by atoms with E-state index in [0.29, 0.717) is 23.0 Å².